The molecule has 5 amide bonds. The summed E-state index contributed by atoms with van der Waals surface area (Å²) in [7, 11) is 1.22. The molecule has 3 aromatic rings. The van der Waals surface area contributed by atoms with Gasteiger partial charge in [-0.3, -0.25) is 9.59 Å². The standard InChI is InChI=1S/C38H53N7O9/c1-24(2)32(34(47)42-31(36(50)53-3)21-26-22-41-28-16-8-7-15-27(26)28)45-33(46)29(43-37(51)44-30(35(48)49)18-9-11-19-39)17-10-12-20-40-38(52)54-23-25-13-5-4-6-14-25/h4-8,13-16,22,24,29-32,41H,9-12,17-21,23,39H2,1-3H3,(H,40,52)(H,42,47)(H,45,46)(H,48,49)(H2,43,44,51)/t29-,30+,31+,32+/m1/s1. The van der Waals surface area contributed by atoms with Crippen LogP contribution in [0.3, 0.4) is 0 Å². The molecule has 0 fully saturated rings. The smallest absolute Gasteiger partial charge is 0.407 e. The van der Waals surface area contributed by atoms with Crippen molar-refractivity contribution in [2.45, 2.75) is 89.6 Å². The molecule has 0 aliphatic heterocycles. The first-order valence-corrected chi connectivity index (χ1v) is 18.1. The summed E-state index contributed by atoms with van der Waals surface area (Å²) >= 11 is 0. The van der Waals surface area contributed by atoms with Gasteiger partial charge in [0.05, 0.1) is 7.11 Å². The summed E-state index contributed by atoms with van der Waals surface area (Å²) < 4.78 is 10.2. The number of rotatable bonds is 22. The lowest BCUT2D eigenvalue weighted by atomic mass is 10.00. The van der Waals surface area contributed by atoms with Gasteiger partial charge in [0.15, 0.2) is 0 Å². The third kappa shape index (κ3) is 14.1. The number of para-hydroxylation sites is 1. The molecule has 0 aliphatic rings. The number of H-pyrrole nitrogens is 1. The maximum atomic E-state index is 13.7. The third-order valence-corrected chi connectivity index (χ3v) is 8.72. The van der Waals surface area contributed by atoms with Gasteiger partial charge in [-0.25, -0.2) is 19.2 Å². The summed E-state index contributed by atoms with van der Waals surface area (Å²) in [4.78, 5) is 80.4. The molecule has 0 spiro atoms. The van der Waals surface area contributed by atoms with Gasteiger partial charge in [0.1, 0.15) is 30.8 Å². The second-order valence-corrected chi connectivity index (χ2v) is 13.2. The predicted octanol–water partition coefficient (Wildman–Crippen LogP) is 2.86. The molecule has 0 saturated heterocycles. The zero-order valence-corrected chi connectivity index (χ0v) is 31.0. The number of hydrogen-bond donors (Lipinski definition) is 8. The van der Waals surface area contributed by atoms with Crippen molar-refractivity contribution in [1.82, 2.24) is 31.6 Å². The number of methoxy groups -OCH3 is 1. The highest BCUT2D eigenvalue weighted by molar-refractivity contribution is 5.94. The molecule has 0 unspecified atom stereocenters. The van der Waals surface area contributed by atoms with Crippen LogP contribution in [-0.2, 0) is 41.7 Å². The van der Waals surface area contributed by atoms with Crippen LogP contribution >= 0.6 is 0 Å². The zero-order chi connectivity index (χ0) is 39.5. The number of unbranched alkanes of at least 4 members (excludes halogenated alkanes) is 2. The Morgan fingerprint density at radius 3 is 2.15 bits per heavy atom. The van der Waals surface area contributed by atoms with E-state index in [2.05, 4.69) is 31.6 Å². The molecular weight excluding hydrogens is 698 g/mol. The number of benzene rings is 2. The van der Waals surface area contributed by atoms with E-state index >= 15 is 0 Å². The number of carboxylic acid groups (broad SMARTS) is 1. The average Bonchev–Trinajstić information content (AvgIpc) is 3.57. The monoisotopic (exact) mass is 751 g/mol. The van der Waals surface area contributed by atoms with E-state index in [9.17, 15) is 33.9 Å². The highest BCUT2D eigenvalue weighted by atomic mass is 16.5. The van der Waals surface area contributed by atoms with E-state index in [-0.39, 0.29) is 32.4 Å². The van der Waals surface area contributed by atoms with E-state index in [4.69, 9.17) is 15.2 Å². The first-order valence-electron chi connectivity index (χ1n) is 18.1. The van der Waals surface area contributed by atoms with Crippen LogP contribution in [0.1, 0.15) is 63.5 Å². The number of carboxylic acids is 1. The van der Waals surface area contributed by atoms with Gasteiger partial charge in [-0.15, -0.1) is 0 Å². The molecule has 3 rings (SSSR count). The van der Waals surface area contributed by atoms with Crippen LogP contribution in [0.2, 0.25) is 0 Å². The molecule has 1 aromatic heterocycles. The fraction of sp³-hybridized carbons (Fsp3) is 0.474. The van der Waals surface area contributed by atoms with Gasteiger partial charge in [-0.2, -0.15) is 0 Å². The van der Waals surface area contributed by atoms with Gasteiger partial charge in [-0.1, -0.05) is 62.4 Å². The van der Waals surface area contributed by atoms with Crippen LogP contribution in [-0.4, -0.2) is 90.3 Å². The number of carbonyl (C=O) groups excluding carboxylic acids is 5. The fourth-order valence-electron chi connectivity index (χ4n) is 5.72. The van der Waals surface area contributed by atoms with Crippen LogP contribution in [0.15, 0.2) is 60.8 Å². The molecule has 1 heterocycles. The largest absolute Gasteiger partial charge is 0.480 e. The molecule has 0 aliphatic carbocycles. The highest BCUT2D eigenvalue weighted by Gasteiger charge is 2.32. The highest BCUT2D eigenvalue weighted by Crippen LogP contribution is 2.20. The second kappa shape index (κ2) is 22.4. The number of nitrogens with one attached hydrogen (secondary N) is 6. The number of aliphatic carboxylic acids is 1. The number of aromatic nitrogens is 1. The predicted molar refractivity (Wildman–Crippen MR) is 201 cm³/mol. The molecule has 54 heavy (non-hydrogen) atoms. The van der Waals surface area contributed by atoms with Crippen molar-refractivity contribution in [3.63, 3.8) is 0 Å². The first-order chi connectivity index (χ1) is 25.9. The number of nitrogens with two attached hydrogens (primary N) is 1. The van der Waals surface area contributed by atoms with Crippen molar-refractivity contribution in [1.29, 1.82) is 0 Å². The molecule has 16 heteroatoms. The van der Waals surface area contributed by atoms with Gasteiger partial charge in [0, 0.05) is 30.1 Å². The summed E-state index contributed by atoms with van der Waals surface area (Å²) in [6.45, 7) is 4.13. The lowest BCUT2D eigenvalue weighted by Crippen LogP contribution is -2.59. The third-order valence-electron chi connectivity index (χ3n) is 8.72. The summed E-state index contributed by atoms with van der Waals surface area (Å²) in [6, 6.07) is 11.2. The molecule has 294 valence electrons. The summed E-state index contributed by atoms with van der Waals surface area (Å²) in [5.74, 6) is -3.69. The Morgan fingerprint density at radius 1 is 0.796 bits per heavy atom. The van der Waals surface area contributed by atoms with E-state index in [0.29, 0.717) is 32.2 Å². The first kappa shape index (κ1) is 42.8. The quantitative estimate of drug-likeness (QED) is 0.0551. The number of amides is 5. The average molecular weight is 752 g/mol. The SMILES string of the molecule is COC(=O)[C@H](Cc1c[nH]c2ccccc12)NC(=O)[C@@H](NC(=O)[C@@H](CCCCNC(=O)OCc1ccccc1)NC(=O)N[C@@H](CCCCN)C(=O)O)C(C)C. The molecular formula is C38H53N7O9. The Labute approximate surface area is 314 Å². The van der Waals surface area contributed by atoms with Gasteiger partial charge >= 0.3 is 24.1 Å². The molecule has 0 saturated carbocycles. The van der Waals surface area contributed by atoms with Crippen molar-refractivity contribution >= 4 is 46.8 Å². The minimum absolute atomic E-state index is 0.0860. The van der Waals surface area contributed by atoms with Crippen molar-refractivity contribution < 1.29 is 43.3 Å². The van der Waals surface area contributed by atoms with Crippen molar-refractivity contribution in [3.8, 4) is 0 Å². The zero-order valence-electron chi connectivity index (χ0n) is 31.0. The van der Waals surface area contributed by atoms with Crippen LogP contribution in [0, 0.1) is 5.92 Å². The number of hydrogen-bond acceptors (Lipinski definition) is 9. The summed E-state index contributed by atoms with van der Waals surface area (Å²) in [5.41, 5.74) is 8.00. The van der Waals surface area contributed by atoms with E-state index in [1.165, 1.54) is 7.11 Å². The molecule has 9 N–H and O–H groups in total. The van der Waals surface area contributed by atoms with Crippen LogP contribution in [0.25, 0.3) is 10.9 Å². The van der Waals surface area contributed by atoms with E-state index < -0.39 is 66.0 Å². The number of esters is 1. The summed E-state index contributed by atoms with van der Waals surface area (Å²) in [6.07, 6.45) is 3.29. The van der Waals surface area contributed by atoms with Crippen molar-refractivity contribution in [2.75, 3.05) is 20.2 Å². The molecule has 16 nitrogen and oxygen atoms in total. The Hall–Kier alpha value is -5.64. The Balaban J connectivity index is 1.67. The summed E-state index contributed by atoms with van der Waals surface area (Å²) in [5, 5.41) is 23.6. The van der Waals surface area contributed by atoms with E-state index in [1.54, 1.807) is 20.0 Å². The van der Waals surface area contributed by atoms with Gasteiger partial charge < -0.3 is 51.9 Å². The van der Waals surface area contributed by atoms with Gasteiger partial charge in [0.2, 0.25) is 11.8 Å². The molecule has 0 radical (unpaired) electrons. The lowest BCUT2D eigenvalue weighted by molar-refractivity contribution is -0.145. The maximum Gasteiger partial charge on any atom is 0.407 e. The number of ether oxygens (including phenoxy) is 2. The van der Waals surface area contributed by atoms with Crippen LogP contribution in [0.5, 0.6) is 0 Å². The van der Waals surface area contributed by atoms with Crippen molar-refractivity contribution in [2.24, 2.45) is 11.7 Å². The van der Waals surface area contributed by atoms with Gasteiger partial charge in [0.25, 0.3) is 0 Å². The Morgan fingerprint density at radius 2 is 1.46 bits per heavy atom. The second-order valence-electron chi connectivity index (χ2n) is 13.2. The Bertz CT molecular complexity index is 1680. The number of aromatic amines is 1. The minimum Gasteiger partial charge on any atom is -0.480 e. The lowest BCUT2D eigenvalue weighted by Gasteiger charge is -2.27. The number of fused-ring (bicyclic) bond motifs is 1. The Kier molecular flexibility index (Phi) is 17.8. The number of alkyl carbamates (subject to hydrolysis) is 1. The van der Waals surface area contributed by atoms with E-state index in [1.807, 2.05) is 54.6 Å². The molecule has 4 atom stereocenters. The minimum atomic E-state index is -1.24. The van der Waals surface area contributed by atoms with Crippen LogP contribution in [0.4, 0.5) is 9.59 Å². The maximum absolute atomic E-state index is 13.7. The fourth-order valence-corrected chi connectivity index (χ4v) is 5.72. The molecule has 0 bridgehead atoms. The topological polar surface area (TPSA) is 243 Å². The normalized spacial score (nSPS) is 13.2. The molecule has 2 aromatic carbocycles. The number of carbonyl (C=O) groups is 6. The van der Waals surface area contributed by atoms with Gasteiger partial charge in [-0.05, 0) is 68.2 Å². The van der Waals surface area contributed by atoms with Crippen LogP contribution < -0.4 is 32.3 Å². The van der Waals surface area contributed by atoms with E-state index in [0.717, 1.165) is 22.0 Å². The number of urea groups is 1. The van der Waals surface area contributed by atoms with Crippen molar-refractivity contribution in [3.05, 3.63) is 71.9 Å².